The summed E-state index contributed by atoms with van der Waals surface area (Å²) in [4.78, 5) is 29.8. The van der Waals surface area contributed by atoms with Gasteiger partial charge in [0.05, 0.1) is 28.0 Å². The van der Waals surface area contributed by atoms with Crippen LogP contribution in [0.3, 0.4) is 0 Å². The first kappa shape index (κ1) is 46.9. The maximum Gasteiger partial charge on any atom is 0.408 e. The zero-order valence-corrected chi connectivity index (χ0v) is 37.6. The van der Waals surface area contributed by atoms with Crippen LogP contribution in [0.4, 0.5) is 13.6 Å². The van der Waals surface area contributed by atoms with Crippen LogP contribution in [-0.4, -0.2) is 55.9 Å². The van der Waals surface area contributed by atoms with Crippen molar-refractivity contribution in [3.63, 3.8) is 0 Å². The number of fused-ring (bicyclic) bond motifs is 2. The van der Waals surface area contributed by atoms with Gasteiger partial charge in [0.25, 0.3) is 0 Å². The van der Waals surface area contributed by atoms with E-state index in [4.69, 9.17) is 43.1 Å². The SMILES string of the molecule is CC(C)C[C@@](C)(COc1ccc(-c2ccnc3cc(F)ccc23)nc1Cl)NC(=O)OC(C)(C)C.CC(C)C[C@](C)(N)COc1ccc(-c2ccnc3cc(F)ccc23)nc1Cl. The molecule has 0 saturated heterocycles. The molecule has 10 nitrogen and oxygen atoms in total. The molecule has 0 aliphatic heterocycles. The number of nitrogens with zero attached hydrogens (tertiary/aromatic N) is 4. The van der Waals surface area contributed by atoms with Crippen LogP contribution in [-0.2, 0) is 4.74 Å². The van der Waals surface area contributed by atoms with Crippen molar-refractivity contribution >= 4 is 51.1 Å². The molecule has 2 atom stereocenters. The molecule has 0 spiro atoms. The molecular formula is C47H54Cl2F2N6O4. The number of hydrogen-bond acceptors (Lipinski definition) is 9. The fourth-order valence-corrected chi connectivity index (χ4v) is 7.53. The molecule has 14 heteroatoms. The average molecular weight is 876 g/mol. The van der Waals surface area contributed by atoms with Gasteiger partial charge < -0.3 is 25.3 Å². The van der Waals surface area contributed by atoms with Crippen LogP contribution in [0.25, 0.3) is 44.3 Å². The predicted octanol–water partition coefficient (Wildman–Crippen LogP) is 12.0. The van der Waals surface area contributed by atoms with Crippen LogP contribution >= 0.6 is 23.2 Å². The van der Waals surface area contributed by atoms with Crippen LogP contribution < -0.4 is 20.5 Å². The molecule has 0 aliphatic rings. The lowest BCUT2D eigenvalue weighted by Crippen LogP contribution is -2.52. The van der Waals surface area contributed by atoms with E-state index < -0.39 is 22.8 Å². The number of carbonyl (C=O) groups is 1. The summed E-state index contributed by atoms with van der Waals surface area (Å²) < 4.78 is 44.3. The summed E-state index contributed by atoms with van der Waals surface area (Å²) in [7, 11) is 0. The maximum absolute atomic E-state index is 13.6. The Morgan fingerprint density at radius 1 is 0.689 bits per heavy atom. The van der Waals surface area contributed by atoms with Gasteiger partial charge in [0.15, 0.2) is 21.8 Å². The summed E-state index contributed by atoms with van der Waals surface area (Å²) in [5.74, 6) is 0.999. The molecule has 4 aromatic heterocycles. The fraction of sp³-hybridized carbons (Fsp3) is 0.383. The molecule has 0 saturated carbocycles. The smallest absolute Gasteiger partial charge is 0.408 e. The van der Waals surface area contributed by atoms with Gasteiger partial charge >= 0.3 is 6.09 Å². The van der Waals surface area contributed by atoms with Gasteiger partial charge in [-0.25, -0.2) is 23.5 Å². The van der Waals surface area contributed by atoms with E-state index in [1.54, 1.807) is 42.7 Å². The van der Waals surface area contributed by atoms with Crippen molar-refractivity contribution in [2.24, 2.45) is 17.6 Å². The van der Waals surface area contributed by atoms with Crippen LogP contribution in [0.2, 0.25) is 10.3 Å². The summed E-state index contributed by atoms with van der Waals surface area (Å²) in [6, 6.07) is 19.7. The number of ether oxygens (including phenoxy) is 3. The van der Waals surface area contributed by atoms with Crippen molar-refractivity contribution in [1.29, 1.82) is 0 Å². The van der Waals surface area contributed by atoms with Gasteiger partial charge in [-0.2, -0.15) is 0 Å². The van der Waals surface area contributed by atoms with Gasteiger partial charge in [-0.15, -0.1) is 0 Å². The zero-order chi connectivity index (χ0) is 44.7. The van der Waals surface area contributed by atoms with Gasteiger partial charge in [0, 0.05) is 52.0 Å². The molecule has 0 radical (unpaired) electrons. The van der Waals surface area contributed by atoms with Gasteiger partial charge in [-0.3, -0.25) is 9.97 Å². The monoisotopic (exact) mass is 874 g/mol. The molecule has 4 heterocycles. The number of nitrogens with one attached hydrogen (secondary N) is 1. The van der Waals surface area contributed by atoms with E-state index in [9.17, 15) is 13.6 Å². The number of aromatic nitrogens is 4. The van der Waals surface area contributed by atoms with Gasteiger partial charge in [0.1, 0.15) is 30.4 Å². The summed E-state index contributed by atoms with van der Waals surface area (Å²) in [5, 5.41) is 4.98. The molecular weight excluding hydrogens is 821 g/mol. The quantitative estimate of drug-likeness (QED) is 0.109. The number of pyridine rings is 4. The normalized spacial score (nSPS) is 13.6. The van der Waals surface area contributed by atoms with Gasteiger partial charge in [-0.05, 0) is 120 Å². The number of rotatable bonds is 13. The lowest BCUT2D eigenvalue weighted by molar-refractivity contribution is 0.0408. The van der Waals surface area contributed by atoms with Gasteiger partial charge in [0.2, 0.25) is 0 Å². The third-order valence-corrected chi connectivity index (χ3v) is 9.77. The molecule has 0 aliphatic carbocycles. The number of hydrogen-bond donors (Lipinski definition) is 2. The number of carbonyl (C=O) groups excluding carboxylic acids is 1. The first-order valence-corrected chi connectivity index (χ1v) is 20.8. The van der Waals surface area contributed by atoms with E-state index in [0.717, 1.165) is 28.3 Å². The molecule has 61 heavy (non-hydrogen) atoms. The lowest BCUT2D eigenvalue weighted by atomic mass is 9.91. The van der Waals surface area contributed by atoms with Crippen molar-refractivity contribution < 1.29 is 27.8 Å². The third kappa shape index (κ3) is 13.4. The highest BCUT2D eigenvalue weighted by molar-refractivity contribution is 6.31. The summed E-state index contributed by atoms with van der Waals surface area (Å²) in [6.07, 6.45) is 4.25. The predicted molar refractivity (Wildman–Crippen MR) is 240 cm³/mol. The largest absolute Gasteiger partial charge is 0.488 e. The second kappa shape index (κ2) is 19.7. The first-order valence-electron chi connectivity index (χ1n) is 20.1. The van der Waals surface area contributed by atoms with E-state index in [1.165, 1.54) is 24.3 Å². The number of nitrogens with two attached hydrogens (primary N) is 1. The Morgan fingerprint density at radius 2 is 1.15 bits per heavy atom. The van der Waals surface area contributed by atoms with Crippen molar-refractivity contribution in [1.82, 2.24) is 25.3 Å². The highest BCUT2D eigenvalue weighted by Crippen LogP contribution is 2.33. The van der Waals surface area contributed by atoms with Crippen molar-refractivity contribution in [2.45, 2.75) is 91.8 Å². The Balaban J connectivity index is 0.000000237. The highest BCUT2D eigenvalue weighted by Gasteiger charge is 2.31. The average Bonchev–Trinajstić information content (AvgIpc) is 3.14. The second-order valence-electron chi connectivity index (χ2n) is 17.6. The molecule has 6 rings (SSSR count). The number of benzene rings is 2. The van der Waals surface area contributed by atoms with Gasteiger partial charge in [-0.1, -0.05) is 50.9 Å². The molecule has 1 amide bonds. The molecule has 0 unspecified atom stereocenters. The van der Waals surface area contributed by atoms with Crippen molar-refractivity contribution in [2.75, 3.05) is 13.2 Å². The minimum Gasteiger partial charge on any atom is -0.488 e. The van der Waals surface area contributed by atoms with Crippen LogP contribution in [0.15, 0.2) is 85.2 Å². The number of amides is 1. The maximum atomic E-state index is 13.6. The zero-order valence-electron chi connectivity index (χ0n) is 36.1. The molecule has 324 valence electrons. The van der Waals surface area contributed by atoms with E-state index >= 15 is 0 Å². The Kier molecular flexibility index (Phi) is 15.1. The van der Waals surface area contributed by atoms with E-state index in [0.29, 0.717) is 58.8 Å². The molecule has 0 fully saturated rings. The van der Waals surface area contributed by atoms with E-state index in [2.05, 4.69) is 52.9 Å². The number of alkyl carbamates (subject to hydrolysis) is 1. The standard InChI is InChI=1S/C26H31ClFN3O3.C21H23ClFN3O/c1-16(2)14-26(6,31-24(32)34-25(3,4)5)15-33-22-10-9-20(30-23(22)27)19-11-12-29-21-13-17(28)7-8-18(19)21;1-13(2)11-21(3,24)12-27-19-7-6-17(26-20(19)22)16-8-9-25-18-10-14(23)4-5-15(16)18/h7-13,16H,14-15H2,1-6H3,(H,31,32);4-10,13H,11-12,24H2,1-3H3/t26-;21-/m00/s1. The van der Waals surface area contributed by atoms with Crippen molar-refractivity contribution in [3.05, 3.63) is 107 Å². The third-order valence-electron chi connectivity index (χ3n) is 9.23. The molecule has 3 N–H and O–H groups in total. The minimum absolute atomic E-state index is 0.183. The molecule has 2 aromatic carbocycles. The highest BCUT2D eigenvalue weighted by atomic mass is 35.5. The second-order valence-corrected chi connectivity index (χ2v) is 18.3. The summed E-state index contributed by atoms with van der Waals surface area (Å²) in [6.45, 7) is 18.3. The fourth-order valence-electron chi connectivity index (χ4n) is 7.12. The summed E-state index contributed by atoms with van der Waals surface area (Å²) >= 11 is 12.8. The van der Waals surface area contributed by atoms with E-state index in [-0.39, 0.29) is 28.5 Å². The Morgan fingerprint density at radius 3 is 1.57 bits per heavy atom. The van der Waals surface area contributed by atoms with Crippen LogP contribution in [0, 0.1) is 23.5 Å². The minimum atomic E-state index is -0.677. The summed E-state index contributed by atoms with van der Waals surface area (Å²) in [5.41, 5.74) is 8.57. The van der Waals surface area contributed by atoms with E-state index in [1.807, 2.05) is 52.8 Å². The van der Waals surface area contributed by atoms with Crippen LogP contribution in [0.1, 0.15) is 75.2 Å². The van der Waals surface area contributed by atoms with Crippen LogP contribution in [0.5, 0.6) is 11.5 Å². The topological polar surface area (TPSA) is 134 Å². The lowest BCUT2D eigenvalue weighted by Gasteiger charge is -2.33. The molecule has 6 aromatic rings. The Bertz CT molecular complexity index is 2480. The Labute approximate surface area is 366 Å². The van der Waals surface area contributed by atoms with Crippen molar-refractivity contribution in [3.8, 4) is 34.0 Å². The number of halogens is 4. The molecule has 0 bridgehead atoms. The Hall–Kier alpha value is -5.17. The first-order chi connectivity index (χ1) is 28.6.